The zero-order chi connectivity index (χ0) is 10.9. The van der Waals surface area contributed by atoms with E-state index in [-0.39, 0.29) is 0 Å². The minimum Gasteiger partial charge on any atom is -0.398 e. The lowest BCUT2D eigenvalue weighted by Crippen LogP contribution is -2.54. The van der Waals surface area contributed by atoms with Crippen LogP contribution in [0.4, 0.5) is 5.69 Å². The largest absolute Gasteiger partial charge is 0.398 e. The number of benzene rings is 1. The Bertz CT molecular complexity index is 325. The quantitative estimate of drug-likeness (QED) is 0.403. The third kappa shape index (κ3) is 2.23. The Hall–Kier alpha value is -1.10. The minimum absolute atomic E-state index is 0.381. The molecular formula is C10H18N4. The van der Waals surface area contributed by atoms with Crippen molar-refractivity contribution in [1.82, 2.24) is 0 Å². The van der Waals surface area contributed by atoms with Crippen LogP contribution < -0.4 is 22.9 Å². The molecule has 0 saturated carbocycles. The van der Waals surface area contributed by atoms with E-state index in [0.29, 0.717) is 17.2 Å². The lowest BCUT2D eigenvalue weighted by Gasteiger charge is -2.21. The van der Waals surface area contributed by atoms with Crippen LogP contribution in [0.25, 0.3) is 0 Å². The molecule has 14 heavy (non-hydrogen) atoms. The summed E-state index contributed by atoms with van der Waals surface area (Å²) in [6, 6.07) is 5.46. The molecule has 0 heterocycles. The fourth-order valence-electron chi connectivity index (χ4n) is 1.37. The molecule has 0 radical (unpaired) electrons. The Balaban J connectivity index is 3.13. The Morgan fingerprint density at radius 1 is 1.14 bits per heavy atom. The Morgan fingerprint density at radius 2 is 1.71 bits per heavy atom. The monoisotopic (exact) mass is 194 g/mol. The van der Waals surface area contributed by atoms with Crippen LogP contribution in [-0.2, 0) is 5.79 Å². The fraction of sp³-hybridized carbons (Fsp3) is 0.400. The van der Waals surface area contributed by atoms with Crippen molar-refractivity contribution in [3.05, 3.63) is 29.3 Å². The fourth-order valence-corrected chi connectivity index (χ4v) is 1.37. The van der Waals surface area contributed by atoms with Gasteiger partial charge in [0.2, 0.25) is 0 Å². The van der Waals surface area contributed by atoms with Crippen LogP contribution >= 0.6 is 0 Å². The summed E-state index contributed by atoms with van der Waals surface area (Å²) in [5, 5.41) is 0. The van der Waals surface area contributed by atoms with Gasteiger partial charge in [-0.2, -0.15) is 0 Å². The van der Waals surface area contributed by atoms with Crippen LogP contribution in [0.15, 0.2) is 18.2 Å². The predicted molar refractivity (Wildman–Crippen MR) is 59.2 cm³/mol. The summed E-state index contributed by atoms with van der Waals surface area (Å²) in [5.74, 6) is -0.935. The topological polar surface area (TPSA) is 104 Å². The normalized spacial score (nSPS) is 12.1. The van der Waals surface area contributed by atoms with Gasteiger partial charge in [0.25, 0.3) is 0 Å². The predicted octanol–water partition coefficient (Wildman–Crippen LogP) is 0.379. The van der Waals surface area contributed by atoms with Crippen molar-refractivity contribution < 1.29 is 0 Å². The van der Waals surface area contributed by atoms with Crippen molar-refractivity contribution in [3.63, 3.8) is 0 Å². The molecule has 0 bridgehead atoms. The number of rotatable bonds is 2. The third-order valence-corrected chi connectivity index (χ3v) is 2.21. The van der Waals surface area contributed by atoms with Gasteiger partial charge in [-0.15, -0.1) is 0 Å². The highest BCUT2D eigenvalue weighted by Gasteiger charge is 2.16. The maximum atomic E-state index is 5.85. The van der Waals surface area contributed by atoms with Crippen molar-refractivity contribution in [2.75, 3.05) is 5.73 Å². The Morgan fingerprint density at radius 3 is 2.07 bits per heavy atom. The van der Waals surface area contributed by atoms with Crippen LogP contribution in [0.2, 0.25) is 0 Å². The SMILES string of the molecule is CC(C)c1ccc(C(N)(N)N)cc1N. The molecule has 1 aromatic carbocycles. The molecule has 0 unspecified atom stereocenters. The highest BCUT2D eigenvalue weighted by Crippen LogP contribution is 2.23. The van der Waals surface area contributed by atoms with E-state index >= 15 is 0 Å². The highest BCUT2D eigenvalue weighted by atomic mass is 15.1. The van der Waals surface area contributed by atoms with E-state index in [0.717, 1.165) is 5.56 Å². The third-order valence-electron chi connectivity index (χ3n) is 2.21. The second-order valence-corrected chi connectivity index (χ2v) is 3.93. The van der Waals surface area contributed by atoms with Crippen LogP contribution in [-0.4, -0.2) is 0 Å². The summed E-state index contributed by atoms with van der Waals surface area (Å²) in [6.07, 6.45) is 0. The van der Waals surface area contributed by atoms with Crippen molar-refractivity contribution in [2.45, 2.75) is 25.6 Å². The number of hydrogen-bond donors (Lipinski definition) is 4. The van der Waals surface area contributed by atoms with Gasteiger partial charge in [-0.3, -0.25) is 17.2 Å². The molecule has 0 fully saturated rings. The standard InChI is InChI=1S/C10H18N4/c1-6(2)8-4-3-7(5-9(8)11)10(12,13)14/h3-6H,11-14H2,1-2H3. The first-order valence-electron chi connectivity index (χ1n) is 4.59. The molecule has 0 saturated heterocycles. The smallest absolute Gasteiger partial charge is 0.142 e. The first-order valence-corrected chi connectivity index (χ1v) is 4.59. The molecule has 0 amide bonds. The van der Waals surface area contributed by atoms with Crippen molar-refractivity contribution >= 4 is 5.69 Å². The van der Waals surface area contributed by atoms with Gasteiger partial charge >= 0.3 is 0 Å². The molecular weight excluding hydrogens is 176 g/mol. The molecule has 0 aliphatic heterocycles. The van der Waals surface area contributed by atoms with E-state index in [9.17, 15) is 0 Å². The average molecular weight is 194 g/mol. The van der Waals surface area contributed by atoms with Gasteiger partial charge in [-0.1, -0.05) is 26.0 Å². The summed E-state index contributed by atoms with van der Waals surface area (Å²) < 4.78 is 0. The number of anilines is 1. The van der Waals surface area contributed by atoms with Gasteiger partial charge in [-0.25, -0.2) is 0 Å². The maximum absolute atomic E-state index is 5.85. The second kappa shape index (κ2) is 3.57. The first kappa shape index (κ1) is 11.0. The van der Waals surface area contributed by atoms with E-state index in [1.165, 1.54) is 0 Å². The van der Waals surface area contributed by atoms with Gasteiger partial charge in [0.1, 0.15) is 5.79 Å². The summed E-state index contributed by atoms with van der Waals surface area (Å²) in [5.41, 5.74) is 24.9. The molecule has 0 atom stereocenters. The van der Waals surface area contributed by atoms with Crippen molar-refractivity contribution in [2.24, 2.45) is 17.2 Å². The van der Waals surface area contributed by atoms with Gasteiger partial charge in [0, 0.05) is 11.3 Å². The van der Waals surface area contributed by atoms with Crippen LogP contribution in [0.3, 0.4) is 0 Å². The van der Waals surface area contributed by atoms with Crippen LogP contribution in [0.1, 0.15) is 30.9 Å². The lowest BCUT2D eigenvalue weighted by molar-refractivity contribution is 0.488. The Kier molecular flexibility index (Phi) is 2.80. The van der Waals surface area contributed by atoms with E-state index in [1.807, 2.05) is 12.1 Å². The first-order chi connectivity index (χ1) is 6.32. The zero-order valence-corrected chi connectivity index (χ0v) is 8.62. The molecule has 0 aliphatic rings. The maximum Gasteiger partial charge on any atom is 0.142 e. The van der Waals surface area contributed by atoms with Gasteiger partial charge in [0.15, 0.2) is 0 Å². The van der Waals surface area contributed by atoms with Crippen LogP contribution in [0, 0.1) is 0 Å². The number of nitrogen functional groups attached to an aromatic ring is 1. The van der Waals surface area contributed by atoms with Gasteiger partial charge in [0.05, 0.1) is 0 Å². The molecule has 0 aromatic heterocycles. The van der Waals surface area contributed by atoms with Crippen molar-refractivity contribution in [1.29, 1.82) is 0 Å². The molecule has 78 valence electrons. The van der Waals surface area contributed by atoms with Gasteiger partial charge < -0.3 is 5.73 Å². The molecule has 0 aliphatic carbocycles. The average Bonchev–Trinajstić information content (AvgIpc) is 2.01. The molecule has 1 rings (SSSR count). The molecule has 8 N–H and O–H groups in total. The van der Waals surface area contributed by atoms with E-state index in [2.05, 4.69) is 13.8 Å². The summed E-state index contributed by atoms with van der Waals surface area (Å²) in [7, 11) is 0. The second-order valence-electron chi connectivity index (χ2n) is 3.93. The Labute approximate surface area is 84.3 Å². The number of hydrogen-bond acceptors (Lipinski definition) is 4. The molecule has 4 nitrogen and oxygen atoms in total. The summed E-state index contributed by atoms with van der Waals surface area (Å²) >= 11 is 0. The highest BCUT2D eigenvalue weighted by molar-refractivity contribution is 5.51. The van der Waals surface area contributed by atoms with E-state index < -0.39 is 5.79 Å². The molecule has 4 heteroatoms. The lowest BCUT2D eigenvalue weighted by atomic mass is 9.98. The molecule has 1 aromatic rings. The van der Waals surface area contributed by atoms with E-state index in [4.69, 9.17) is 22.9 Å². The zero-order valence-electron chi connectivity index (χ0n) is 8.62. The number of nitrogens with two attached hydrogens (primary N) is 4. The van der Waals surface area contributed by atoms with E-state index in [1.54, 1.807) is 6.07 Å². The van der Waals surface area contributed by atoms with Crippen molar-refractivity contribution in [3.8, 4) is 0 Å². The summed E-state index contributed by atoms with van der Waals surface area (Å²) in [6.45, 7) is 4.15. The van der Waals surface area contributed by atoms with Gasteiger partial charge in [-0.05, 0) is 17.5 Å². The minimum atomic E-state index is -1.32. The molecule has 0 spiro atoms. The van der Waals surface area contributed by atoms with Crippen LogP contribution in [0.5, 0.6) is 0 Å². The summed E-state index contributed by atoms with van der Waals surface area (Å²) in [4.78, 5) is 0.